The molecule has 0 fully saturated rings. The lowest BCUT2D eigenvalue weighted by Gasteiger charge is -2.13. The average Bonchev–Trinajstić information content (AvgIpc) is 2.72. The maximum absolute atomic E-state index is 11.9. The Bertz CT molecular complexity index is 602. The molecule has 20 heavy (non-hydrogen) atoms. The van der Waals surface area contributed by atoms with Crippen LogP contribution in [-0.4, -0.2) is 23.6 Å². The number of aromatic amines is 1. The quantitative estimate of drug-likeness (QED) is 0.823. The molecule has 2 aromatic rings. The molecule has 1 aromatic heterocycles. The zero-order valence-corrected chi connectivity index (χ0v) is 12.3. The van der Waals surface area contributed by atoms with Gasteiger partial charge in [-0.1, -0.05) is 32.0 Å². The standard InChI is InChI=1S/C16H22N2O2/c1-10(2)9-20-16(19)14(17)8-13-11(3)18-15-7-5-4-6-12(13)15/h4-7,10,14,18H,8-9,17H2,1-3H3/t14-/m0/s1. The first kappa shape index (κ1) is 14.6. The molecule has 0 bridgehead atoms. The molecule has 1 heterocycles. The molecule has 108 valence electrons. The molecule has 3 N–H and O–H groups in total. The van der Waals surface area contributed by atoms with Gasteiger partial charge in [0, 0.05) is 23.0 Å². The van der Waals surface area contributed by atoms with Crippen LogP contribution in [0.5, 0.6) is 0 Å². The van der Waals surface area contributed by atoms with Crippen molar-refractivity contribution in [3.05, 3.63) is 35.5 Å². The first-order chi connectivity index (χ1) is 9.49. The normalized spacial score (nSPS) is 12.8. The van der Waals surface area contributed by atoms with Gasteiger partial charge in [0.2, 0.25) is 0 Å². The topological polar surface area (TPSA) is 68.1 Å². The lowest BCUT2D eigenvalue weighted by Crippen LogP contribution is -2.35. The van der Waals surface area contributed by atoms with Crippen LogP contribution < -0.4 is 5.73 Å². The maximum Gasteiger partial charge on any atom is 0.323 e. The second-order valence-corrected chi connectivity index (χ2v) is 5.61. The van der Waals surface area contributed by atoms with Crippen LogP contribution in [0, 0.1) is 12.8 Å². The van der Waals surface area contributed by atoms with Crippen molar-refractivity contribution >= 4 is 16.9 Å². The molecule has 0 saturated heterocycles. The first-order valence-electron chi connectivity index (χ1n) is 6.97. The minimum absolute atomic E-state index is 0.320. The Hall–Kier alpha value is -1.81. The predicted molar refractivity (Wildman–Crippen MR) is 80.5 cm³/mol. The minimum atomic E-state index is -0.619. The number of carbonyl (C=O) groups excluding carboxylic acids is 1. The zero-order valence-electron chi connectivity index (χ0n) is 12.3. The zero-order chi connectivity index (χ0) is 14.7. The third kappa shape index (κ3) is 3.20. The fourth-order valence-corrected chi connectivity index (χ4v) is 2.26. The van der Waals surface area contributed by atoms with Crippen molar-refractivity contribution in [1.82, 2.24) is 4.98 Å². The highest BCUT2D eigenvalue weighted by atomic mass is 16.5. The largest absolute Gasteiger partial charge is 0.464 e. The summed E-state index contributed by atoms with van der Waals surface area (Å²) in [6.45, 7) is 6.42. The number of nitrogens with two attached hydrogens (primary N) is 1. The highest BCUT2D eigenvalue weighted by Crippen LogP contribution is 2.23. The first-order valence-corrected chi connectivity index (χ1v) is 6.97. The highest BCUT2D eigenvalue weighted by Gasteiger charge is 2.19. The van der Waals surface area contributed by atoms with Crippen LogP contribution in [0.15, 0.2) is 24.3 Å². The van der Waals surface area contributed by atoms with Crippen molar-refractivity contribution in [1.29, 1.82) is 0 Å². The van der Waals surface area contributed by atoms with Gasteiger partial charge in [0.15, 0.2) is 0 Å². The van der Waals surface area contributed by atoms with E-state index < -0.39 is 6.04 Å². The highest BCUT2D eigenvalue weighted by molar-refractivity contribution is 5.85. The van der Waals surface area contributed by atoms with Crippen LogP contribution >= 0.6 is 0 Å². The SMILES string of the molecule is Cc1[nH]c2ccccc2c1C[C@H](N)C(=O)OCC(C)C. The van der Waals surface area contributed by atoms with Crippen molar-refractivity contribution < 1.29 is 9.53 Å². The number of aromatic nitrogens is 1. The van der Waals surface area contributed by atoms with E-state index in [1.165, 1.54) is 0 Å². The Morgan fingerprint density at radius 2 is 2.05 bits per heavy atom. The summed E-state index contributed by atoms with van der Waals surface area (Å²) >= 11 is 0. The van der Waals surface area contributed by atoms with E-state index in [2.05, 4.69) is 4.98 Å². The molecule has 0 radical (unpaired) electrons. The third-order valence-corrected chi connectivity index (χ3v) is 3.31. The van der Waals surface area contributed by atoms with Crippen molar-refractivity contribution in [2.45, 2.75) is 33.2 Å². The van der Waals surface area contributed by atoms with E-state index in [9.17, 15) is 4.79 Å². The van der Waals surface area contributed by atoms with Crippen LogP contribution in [0.3, 0.4) is 0 Å². The molecule has 4 nitrogen and oxygen atoms in total. The van der Waals surface area contributed by atoms with Gasteiger partial charge in [0.25, 0.3) is 0 Å². The Morgan fingerprint density at radius 3 is 2.75 bits per heavy atom. The number of ether oxygens (including phenoxy) is 1. The Morgan fingerprint density at radius 1 is 1.35 bits per heavy atom. The Balaban J connectivity index is 2.11. The number of fused-ring (bicyclic) bond motifs is 1. The average molecular weight is 274 g/mol. The number of nitrogens with one attached hydrogen (secondary N) is 1. The van der Waals surface area contributed by atoms with Crippen molar-refractivity contribution in [3.63, 3.8) is 0 Å². The smallest absolute Gasteiger partial charge is 0.323 e. The molecule has 1 atom stereocenters. The lowest BCUT2D eigenvalue weighted by atomic mass is 10.0. The molecule has 0 amide bonds. The van der Waals surface area contributed by atoms with Gasteiger partial charge in [0.05, 0.1) is 6.61 Å². The molecule has 0 spiro atoms. The van der Waals surface area contributed by atoms with Crippen LogP contribution in [0.2, 0.25) is 0 Å². The van der Waals surface area contributed by atoms with Crippen LogP contribution in [-0.2, 0) is 16.0 Å². The Labute approximate surface area is 119 Å². The summed E-state index contributed by atoms with van der Waals surface area (Å²) in [5, 5.41) is 1.12. The number of rotatable bonds is 5. The second-order valence-electron chi connectivity index (χ2n) is 5.61. The van der Waals surface area contributed by atoms with E-state index in [0.717, 1.165) is 22.2 Å². The van der Waals surface area contributed by atoms with E-state index in [0.29, 0.717) is 18.9 Å². The summed E-state index contributed by atoms with van der Waals surface area (Å²) < 4.78 is 5.19. The lowest BCUT2D eigenvalue weighted by molar-refractivity contribution is -0.146. The van der Waals surface area contributed by atoms with Crippen LogP contribution in [0.1, 0.15) is 25.1 Å². The van der Waals surface area contributed by atoms with Crippen LogP contribution in [0.4, 0.5) is 0 Å². The number of benzene rings is 1. The van der Waals surface area contributed by atoms with Gasteiger partial charge in [-0.2, -0.15) is 0 Å². The van der Waals surface area contributed by atoms with Crippen molar-refractivity contribution in [3.8, 4) is 0 Å². The number of H-pyrrole nitrogens is 1. The summed E-state index contributed by atoms with van der Waals surface area (Å²) in [6, 6.07) is 7.42. The number of aryl methyl sites for hydroxylation is 1. The molecule has 0 aliphatic carbocycles. The second kappa shape index (κ2) is 6.09. The van der Waals surface area contributed by atoms with Gasteiger partial charge in [0.1, 0.15) is 6.04 Å². The summed E-state index contributed by atoms with van der Waals surface area (Å²) in [5.41, 5.74) is 9.18. The number of esters is 1. The monoisotopic (exact) mass is 274 g/mol. The maximum atomic E-state index is 11.9. The number of hydrogen-bond donors (Lipinski definition) is 2. The van der Waals surface area contributed by atoms with Gasteiger partial charge < -0.3 is 15.5 Å². The summed E-state index contributed by atoms with van der Waals surface area (Å²) in [7, 11) is 0. The molecular formula is C16H22N2O2. The fourth-order valence-electron chi connectivity index (χ4n) is 2.26. The minimum Gasteiger partial charge on any atom is -0.464 e. The van der Waals surface area contributed by atoms with E-state index in [1.54, 1.807) is 0 Å². The molecule has 0 unspecified atom stereocenters. The van der Waals surface area contributed by atoms with E-state index >= 15 is 0 Å². The fraction of sp³-hybridized carbons (Fsp3) is 0.438. The van der Waals surface area contributed by atoms with Gasteiger partial charge in [-0.05, 0) is 24.5 Å². The molecular weight excluding hydrogens is 252 g/mol. The molecule has 0 aliphatic rings. The molecule has 0 aliphatic heterocycles. The molecule has 0 saturated carbocycles. The van der Waals surface area contributed by atoms with Gasteiger partial charge in [-0.25, -0.2) is 0 Å². The van der Waals surface area contributed by atoms with Crippen molar-refractivity contribution in [2.75, 3.05) is 6.61 Å². The van der Waals surface area contributed by atoms with Gasteiger partial charge in [-0.15, -0.1) is 0 Å². The van der Waals surface area contributed by atoms with E-state index in [4.69, 9.17) is 10.5 Å². The number of para-hydroxylation sites is 1. The van der Waals surface area contributed by atoms with Crippen LogP contribution in [0.25, 0.3) is 10.9 Å². The number of hydrogen-bond acceptors (Lipinski definition) is 3. The number of carbonyl (C=O) groups is 1. The van der Waals surface area contributed by atoms with Crippen molar-refractivity contribution in [2.24, 2.45) is 11.7 Å². The summed E-state index contributed by atoms with van der Waals surface area (Å²) in [4.78, 5) is 15.2. The molecule has 2 rings (SSSR count). The summed E-state index contributed by atoms with van der Waals surface area (Å²) in [6.07, 6.45) is 0.493. The summed E-state index contributed by atoms with van der Waals surface area (Å²) in [5.74, 6) is -0.00986. The predicted octanol–water partition coefficient (Wildman–Crippen LogP) is 2.55. The Kier molecular flexibility index (Phi) is 4.45. The van der Waals surface area contributed by atoms with Gasteiger partial charge >= 0.3 is 5.97 Å². The van der Waals surface area contributed by atoms with Gasteiger partial charge in [-0.3, -0.25) is 4.79 Å². The molecule has 1 aromatic carbocycles. The third-order valence-electron chi connectivity index (χ3n) is 3.31. The van der Waals surface area contributed by atoms with E-state index in [1.807, 2.05) is 45.0 Å². The van der Waals surface area contributed by atoms with E-state index in [-0.39, 0.29) is 5.97 Å². The molecule has 4 heteroatoms.